The monoisotopic (exact) mass is 491 g/mol. The summed E-state index contributed by atoms with van der Waals surface area (Å²) in [4.78, 5) is 23.6. The first kappa shape index (κ1) is 20.1. The van der Waals surface area contributed by atoms with Gasteiger partial charge < -0.3 is 24.2 Å². The van der Waals surface area contributed by atoms with Crippen LogP contribution in [0.2, 0.25) is 0 Å². The predicted molar refractivity (Wildman–Crippen MR) is 126 cm³/mol. The van der Waals surface area contributed by atoms with E-state index >= 15 is 0 Å². The minimum atomic E-state index is -0.520. The largest absolute Gasteiger partial charge is 0.501 e. The molecule has 0 spiro atoms. The van der Waals surface area contributed by atoms with Gasteiger partial charge in [0.05, 0.1) is 7.11 Å². The first-order valence-corrected chi connectivity index (χ1v) is 10.6. The quantitative estimate of drug-likeness (QED) is 0.302. The van der Waals surface area contributed by atoms with Gasteiger partial charge in [-0.2, -0.15) is 0 Å². The van der Waals surface area contributed by atoms with Gasteiger partial charge in [0.2, 0.25) is 11.2 Å². The summed E-state index contributed by atoms with van der Waals surface area (Å²) < 4.78 is 12.1. The number of rotatable bonds is 4. The number of fused-ring (bicyclic) bond motifs is 1. The minimum absolute atomic E-state index is 0.0363. The Bertz CT molecular complexity index is 1530. The molecular weight excluding hydrogens is 474 g/mol. The van der Waals surface area contributed by atoms with Crippen LogP contribution < -0.4 is 10.2 Å². The molecular formula is C24H18BrN3O4. The zero-order valence-corrected chi connectivity index (χ0v) is 18.8. The molecule has 0 aliphatic heterocycles. The predicted octanol–water partition coefficient (Wildman–Crippen LogP) is 5.63. The lowest BCUT2D eigenvalue weighted by atomic mass is 10.1. The molecule has 3 aromatic heterocycles. The van der Waals surface area contributed by atoms with Crippen molar-refractivity contribution in [3.05, 3.63) is 75.2 Å². The van der Waals surface area contributed by atoms with Gasteiger partial charge in [-0.3, -0.25) is 4.79 Å². The molecule has 32 heavy (non-hydrogen) atoms. The van der Waals surface area contributed by atoms with E-state index in [4.69, 9.17) is 14.1 Å². The standard InChI is InChI=1S/C24H18BrN3O4/c1-12-8-19(29)22(30)23(32-12)21-20(13-4-3-5-15(9-13)31-2)27-24(28-21)17-11-26-18-10-14(25)6-7-16(17)18/h3-11,26,30H,1-2H3,(H,27,28). The number of aromatic nitrogens is 3. The van der Waals surface area contributed by atoms with Crippen LogP contribution in [0.15, 0.2) is 68.4 Å². The maximum atomic E-state index is 12.3. The molecule has 7 nitrogen and oxygen atoms in total. The van der Waals surface area contributed by atoms with Crippen LogP contribution in [0, 0.1) is 6.92 Å². The average Bonchev–Trinajstić information content (AvgIpc) is 3.40. The Kier molecular flexibility index (Phi) is 4.86. The number of imidazole rings is 1. The molecule has 3 heterocycles. The topological polar surface area (TPSA) is 104 Å². The highest BCUT2D eigenvalue weighted by Crippen LogP contribution is 2.38. The van der Waals surface area contributed by atoms with Crippen molar-refractivity contribution >= 4 is 26.8 Å². The Morgan fingerprint density at radius 3 is 2.81 bits per heavy atom. The van der Waals surface area contributed by atoms with Crippen molar-refractivity contribution < 1.29 is 14.3 Å². The van der Waals surface area contributed by atoms with Crippen LogP contribution in [0.5, 0.6) is 11.5 Å². The summed E-state index contributed by atoms with van der Waals surface area (Å²) in [6.45, 7) is 1.66. The zero-order valence-electron chi connectivity index (χ0n) is 17.2. The van der Waals surface area contributed by atoms with Gasteiger partial charge in [-0.1, -0.05) is 34.1 Å². The highest BCUT2D eigenvalue weighted by molar-refractivity contribution is 9.10. The van der Waals surface area contributed by atoms with Gasteiger partial charge in [0.1, 0.15) is 28.7 Å². The molecule has 2 aromatic carbocycles. The number of nitrogens with zero attached hydrogens (tertiary/aromatic N) is 1. The van der Waals surface area contributed by atoms with Crippen molar-refractivity contribution in [1.29, 1.82) is 0 Å². The number of nitrogens with one attached hydrogen (secondary N) is 2. The summed E-state index contributed by atoms with van der Waals surface area (Å²) in [5, 5.41) is 11.5. The second-order valence-electron chi connectivity index (χ2n) is 7.33. The summed E-state index contributed by atoms with van der Waals surface area (Å²) in [7, 11) is 1.59. The summed E-state index contributed by atoms with van der Waals surface area (Å²) >= 11 is 3.48. The van der Waals surface area contributed by atoms with E-state index in [9.17, 15) is 9.90 Å². The number of H-pyrrole nitrogens is 2. The van der Waals surface area contributed by atoms with Crippen molar-refractivity contribution in [3.63, 3.8) is 0 Å². The third kappa shape index (κ3) is 3.38. The molecule has 0 bridgehead atoms. The molecule has 8 heteroatoms. The van der Waals surface area contributed by atoms with Crippen molar-refractivity contribution in [1.82, 2.24) is 15.0 Å². The van der Waals surface area contributed by atoms with Crippen LogP contribution in [0.4, 0.5) is 0 Å². The molecule has 0 radical (unpaired) electrons. The minimum Gasteiger partial charge on any atom is -0.501 e. The van der Waals surface area contributed by atoms with Crippen molar-refractivity contribution in [2.75, 3.05) is 7.11 Å². The Morgan fingerprint density at radius 2 is 2.00 bits per heavy atom. The van der Waals surface area contributed by atoms with E-state index in [1.54, 1.807) is 14.0 Å². The van der Waals surface area contributed by atoms with Crippen molar-refractivity contribution in [2.24, 2.45) is 0 Å². The smallest absolute Gasteiger partial charge is 0.227 e. The Balaban J connectivity index is 1.78. The van der Waals surface area contributed by atoms with E-state index < -0.39 is 11.2 Å². The van der Waals surface area contributed by atoms with E-state index in [0.717, 1.165) is 26.5 Å². The maximum Gasteiger partial charge on any atom is 0.227 e. The molecule has 0 saturated carbocycles. The number of halogens is 1. The molecule has 5 aromatic rings. The summed E-state index contributed by atoms with van der Waals surface area (Å²) in [5.41, 5.74) is 2.94. The van der Waals surface area contributed by atoms with Crippen LogP contribution in [-0.4, -0.2) is 27.2 Å². The number of hydrogen-bond donors (Lipinski definition) is 3. The van der Waals surface area contributed by atoms with E-state index in [0.29, 0.717) is 28.7 Å². The fraction of sp³-hybridized carbons (Fsp3) is 0.0833. The van der Waals surface area contributed by atoms with Crippen LogP contribution >= 0.6 is 15.9 Å². The first-order valence-electron chi connectivity index (χ1n) is 9.80. The van der Waals surface area contributed by atoms with Gasteiger partial charge >= 0.3 is 0 Å². The van der Waals surface area contributed by atoms with E-state index in [1.165, 1.54) is 6.07 Å². The van der Waals surface area contributed by atoms with Crippen LogP contribution in [0.3, 0.4) is 0 Å². The number of benzene rings is 2. The number of aryl methyl sites for hydroxylation is 1. The molecule has 0 amide bonds. The highest BCUT2D eigenvalue weighted by Gasteiger charge is 2.23. The van der Waals surface area contributed by atoms with Gasteiger partial charge in [0.15, 0.2) is 5.76 Å². The van der Waals surface area contributed by atoms with E-state index in [2.05, 4.69) is 25.9 Å². The Morgan fingerprint density at radius 1 is 1.16 bits per heavy atom. The van der Waals surface area contributed by atoms with Crippen LogP contribution in [0.1, 0.15) is 5.76 Å². The lowest BCUT2D eigenvalue weighted by molar-refractivity contribution is 0.415. The van der Waals surface area contributed by atoms with E-state index in [-0.39, 0.29) is 5.76 Å². The highest BCUT2D eigenvalue weighted by atomic mass is 79.9. The molecule has 5 rings (SSSR count). The van der Waals surface area contributed by atoms with E-state index in [1.807, 2.05) is 48.7 Å². The molecule has 0 unspecified atom stereocenters. The van der Waals surface area contributed by atoms with Crippen molar-refractivity contribution in [3.8, 4) is 45.6 Å². The van der Waals surface area contributed by atoms with Gasteiger partial charge in [-0.15, -0.1) is 0 Å². The van der Waals surface area contributed by atoms with Gasteiger partial charge in [-0.05, 0) is 31.2 Å². The third-order valence-electron chi connectivity index (χ3n) is 5.22. The fourth-order valence-electron chi connectivity index (χ4n) is 3.71. The van der Waals surface area contributed by atoms with Gasteiger partial charge in [0.25, 0.3) is 0 Å². The maximum absolute atomic E-state index is 12.3. The molecule has 0 atom stereocenters. The second kappa shape index (κ2) is 7.72. The number of hydrogen-bond acceptors (Lipinski definition) is 5. The molecule has 0 aliphatic rings. The number of methoxy groups -OCH3 is 1. The lowest BCUT2D eigenvalue weighted by Gasteiger charge is -2.06. The fourth-order valence-corrected chi connectivity index (χ4v) is 4.07. The van der Waals surface area contributed by atoms with Gasteiger partial charge in [0, 0.05) is 38.8 Å². The molecule has 160 valence electrons. The molecule has 0 saturated heterocycles. The Hall–Kier alpha value is -3.78. The first-order chi connectivity index (χ1) is 15.4. The van der Waals surface area contributed by atoms with Crippen LogP contribution in [0.25, 0.3) is 45.0 Å². The Labute approximate surface area is 190 Å². The number of aromatic amines is 2. The summed E-state index contributed by atoms with van der Waals surface area (Å²) in [6, 6.07) is 14.6. The summed E-state index contributed by atoms with van der Waals surface area (Å²) in [6.07, 6.45) is 1.86. The van der Waals surface area contributed by atoms with Gasteiger partial charge in [-0.25, -0.2) is 4.98 Å². The van der Waals surface area contributed by atoms with Crippen molar-refractivity contribution in [2.45, 2.75) is 6.92 Å². The average molecular weight is 492 g/mol. The SMILES string of the molecule is COc1cccc(-c2nc(-c3c[nH]c4cc(Br)ccc34)[nH]c2-c2oc(C)cc(=O)c2O)c1. The molecule has 0 aliphatic carbocycles. The number of ether oxygens (including phenoxy) is 1. The number of aromatic hydroxyl groups is 1. The second-order valence-corrected chi connectivity index (χ2v) is 8.25. The summed E-state index contributed by atoms with van der Waals surface area (Å²) in [5.74, 6) is 1.17. The van der Waals surface area contributed by atoms with Crippen LogP contribution in [-0.2, 0) is 0 Å². The molecule has 0 fully saturated rings. The molecule has 3 N–H and O–H groups in total. The zero-order chi connectivity index (χ0) is 22.4. The normalized spacial score (nSPS) is 11.2. The lowest BCUT2D eigenvalue weighted by Crippen LogP contribution is -2.01. The third-order valence-corrected chi connectivity index (χ3v) is 5.71.